The lowest BCUT2D eigenvalue weighted by atomic mass is 10.2. The van der Waals surface area contributed by atoms with E-state index in [9.17, 15) is 8.42 Å². The van der Waals surface area contributed by atoms with Gasteiger partial charge in [-0.3, -0.25) is 9.29 Å². The molecule has 0 unspecified atom stereocenters. The Balaban J connectivity index is 1.94. The summed E-state index contributed by atoms with van der Waals surface area (Å²) >= 11 is 0. The van der Waals surface area contributed by atoms with E-state index in [1.807, 2.05) is 67.6 Å². The van der Waals surface area contributed by atoms with Gasteiger partial charge in [-0.1, -0.05) is 42.0 Å². The zero-order valence-corrected chi connectivity index (χ0v) is 14.9. The molecule has 1 heterocycles. The first-order valence-electron chi connectivity index (χ1n) is 8.12. The molecule has 0 aliphatic heterocycles. The number of aryl methyl sites for hydroxylation is 1. The largest absolute Gasteiger partial charge is 0.266 e. The van der Waals surface area contributed by atoms with E-state index in [0.717, 1.165) is 11.3 Å². The molecule has 3 aromatic rings. The van der Waals surface area contributed by atoms with Gasteiger partial charge in [0.15, 0.2) is 0 Å². The minimum atomic E-state index is -3.64. The Hall–Kier alpha value is -2.66. The van der Waals surface area contributed by atoms with E-state index in [4.69, 9.17) is 0 Å². The quantitative estimate of drug-likeness (QED) is 0.677. The summed E-state index contributed by atoms with van der Waals surface area (Å²) in [7, 11) is -3.64. The summed E-state index contributed by atoms with van der Waals surface area (Å²) < 4.78 is 27.8. The molecule has 0 saturated carbocycles. The monoisotopic (exact) mass is 352 g/mol. The predicted molar refractivity (Wildman–Crippen MR) is 100 cm³/mol. The summed E-state index contributed by atoms with van der Waals surface area (Å²) in [6.07, 6.45) is 2.26. The molecule has 128 valence electrons. The third-order valence-corrected chi connectivity index (χ3v) is 5.79. The van der Waals surface area contributed by atoms with Crippen LogP contribution in [0.25, 0.3) is 0 Å². The predicted octanol–water partition coefficient (Wildman–Crippen LogP) is 3.83. The number of pyridine rings is 1. The molecular formula is C20H20N2O2S. The molecule has 0 N–H and O–H groups in total. The number of hydrogen-bond acceptors (Lipinski definition) is 3. The maximum absolute atomic E-state index is 13.2. The van der Waals surface area contributed by atoms with Crippen molar-refractivity contribution in [1.29, 1.82) is 0 Å². The van der Waals surface area contributed by atoms with Crippen molar-refractivity contribution in [3.8, 4) is 0 Å². The lowest BCUT2D eigenvalue weighted by Crippen LogP contribution is -2.33. The zero-order valence-electron chi connectivity index (χ0n) is 14.0. The summed E-state index contributed by atoms with van der Waals surface area (Å²) in [5, 5.41) is 0. The van der Waals surface area contributed by atoms with E-state index >= 15 is 0 Å². The molecule has 4 nitrogen and oxygen atoms in total. The van der Waals surface area contributed by atoms with Crippen LogP contribution in [0.2, 0.25) is 0 Å². The van der Waals surface area contributed by atoms with E-state index in [0.29, 0.717) is 23.5 Å². The lowest BCUT2D eigenvalue weighted by molar-refractivity contribution is 0.590. The first-order chi connectivity index (χ1) is 12.1. The molecule has 0 radical (unpaired) electrons. The number of rotatable bonds is 6. The van der Waals surface area contributed by atoms with Crippen LogP contribution in [0.4, 0.5) is 5.69 Å². The van der Waals surface area contributed by atoms with E-state index in [2.05, 4.69) is 4.98 Å². The van der Waals surface area contributed by atoms with Gasteiger partial charge in [-0.05, 0) is 43.3 Å². The Bertz CT molecular complexity index is 909. The lowest BCUT2D eigenvalue weighted by Gasteiger charge is -2.24. The van der Waals surface area contributed by atoms with Gasteiger partial charge in [-0.25, -0.2) is 8.42 Å². The second-order valence-electron chi connectivity index (χ2n) is 5.80. The van der Waals surface area contributed by atoms with Gasteiger partial charge in [0.25, 0.3) is 10.0 Å². The fraction of sp³-hybridized carbons (Fsp3) is 0.150. The number of anilines is 1. The van der Waals surface area contributed by atoms with Gasteiger partial charge in [-0.2, -0.15) is 0 Å². The molecule has 0 saturated heterocycles. The number of para-hydroxylation sites is 1. The summed E-state index contributed by atoms with van der Waals surface area (Å²) in [5.74, 6) is 0. The van der Waals surface area contributed by atoms with Gasteiger partial charge in [-0.15, -0.1) is 0 Å². The maximum Gasteiger partial charge on any atom is 0.264 e. The molecule has 2 aromatic carbocycles. The number of hydrogen-bond donors (Lipinski definition) is 0. The second-order valence-corrected chi connectivity index (χ2v) is 7.66. The van der Waals surface area contributed by atoms with Crippen LogP contribution in [-0.4, -0.2) is 19.9 Å². The standard InChI is InChI=1S/C20H20N2O2S/c1-17-10-12-20(13-11-17)25(23,24)22(19-8-3-2-4-9-19)16-14-18-7-5-6-15-21-18/h2-13,15H,14,16H2,1H3. The molecule has 0 spiro atoms. The molecule has 0 aliphatic carbocycles. The highest BCUT2D eigenvalue weighted by Crippen LogP contribution is 2.24. The van der Waals surface area contributed by atoms with Crippen LogP contribution in [0.3, 0.4) is 0 Å². The molecule has 1 aromatic heterocycles. The van der Waals surface area contributed by atoms with Crippen molar-refractivity contribution < 1.29 is 8.42 Å². The molecule has 0 atom stereocenters. The van der Waals surface area contributed by atoms with Gasteiger partial charge < -0.3 is 0 Å². The molecule has 5 heteroatoms. The SMILES string of the molecule is Cc1ccc(S(=O)(=O)N(CCc2ccccn2)c2ccccc2)cc1. The average molecular weight is 352 g/mol. The van der Waals surface area contributed by atoms with E-state index in [1.165, 1.54) is 4.31 Å². The van der Waals surface area contributed by atoms with Crippen molar-refractivity contribution in [1.82, 2.24) is 4.98 Å². The number of aromatic nitrogens is 1. The number of nitrogens with zero attached hydrogens (tertiary/aromatic N) is 2. The summed E-state index contributed by atoms with van der Waals surface area (Å²) in [6, 6.07) is 21.8. The van der Waals surface area contributed by atoms with Crippen LogP contribution < -0.4 is 4.31 Å². The van der Waals surface area contributed by atoms with Crippen LogP contribution in [0.5, 0.6) is 0 Å². The Morgan fingerprint density at radius 2 is 1.56 bits per heavy atom. The van der Waals surface area contributed by atoms with Crippen molar-refractivity contribution in [3.05, 3.63) is 90.3 Å². The average Bonchev–Trinajstić information content (AvgIpc) is 2.64. The highest BCUT2D eigenvalue weighted by Gasteiger charge is 2.24. The Labute approximate surface area is 148 Å². The van der Waals surface area contributed by atoms with Crippen LogP contribution in [0.1, 0.15) is 11.3 Å². The third kappa shape index (κ3) is 4.06. The van der Waals surface area contributed by atoms with Crippen molar-refractivity contribution in [2.75, 3.05) is 10.8 Å². The first kappa shape index (κ1) is 17.2. The fourth-order valence-corrected chi connectivity index (χ4v) is 4.05. The Kier molecular flexibility index (Phi) is 5.14. The van der Waals surface area contributed by atoms with Gasteiger partial charge in [0.05, 0.1) is 10.6 Å². The summed E-state index contributed by atoms with van der Waals surface area (Å²) in [4.78, 5) is 4.58. The minimum absolute atomic E-state index is 0.294. The van der Waals surface area contributed by atoms with Crippen LogP contribution >= 0.6 is 0 Å². The fourth-order valence-electron chi connectivity index (χ4n) is 2.58. The second kappa shape index (κ2) is 7.49. The molecule has 3 rings (SSSR count). The number of sulfonamides is 1. The van der Waals surface area contributed by atoms with E-state index in [-0.39, 0.29) is 0 Å². The third-order valence-electron chi connectivity index (χ3n) is 3.95. The van der Waals surface area contributed by atoms with Gasteiger partial charge in [0.1, 0.15) is 0 Å². The van der Waals surface area contributed by atoms with Crippen LogP contribution in [0.15, 0.2) is 83.9 Å². The highest BCUT2D eigenvalue weighted by atomic mass is 32.2. The molecule has 0 aliphatic rings. The molecule has 0 amide bonds. The van der Waals surface area contributed by atoms with Crippen molar-refractivity contribution in [2.45, 2.75) is 18.2 Å². The Morgan fingerprint density at radius 1 is 0.880 bits per heavy atom. The molecular weight excluding hydrogens is 332 g/mol. The Morgan fingerprint density at radius 3 is 2.20 bits per heavy atom. The van der Waals surface area contributed by atoms with E-state index < -0.39 is 10.0 Å². The normalized spacial score (nSPS) is 11.2. The van der Waals surface area contributed by atoms with Crippen molar-refractivity contribution in [2.24, 2.45) is 0 Å². The van der Waals surface area contributed by atoms with Crippen molar-refractivity contribution in [3.63, 3.8) is 0 Å². The van der Waals surface area contributed by atoms with Crippen LogP contribution in [0, 0.1) is 6.92 Å². The maximum atomic E-state index is 13.2. The van der Waals surface area contributed by atoms with Crippen LogP contribution in [-0.2, 0) is 16.4 Å². The summed E-state index contributed by atoms with van der Waals surface area (Å²) in [6.45, 7) is 2.27. The first-order valence-corrected chi connectivity index (χ1v) is 9.56. The van der Waals surface area contributed by atoms with Gasteiger partial charge >= 0.3 is 0 Å². The smallest absolute Gasteiger partial charge is 0.264 e. The molecule has 0 bridgehead atoms. The van der Waals surface area contributed by atoms with Gasteiger partial charge in [0, 0.05) is 24.9 Å². The zero-order chi connectivity index (χ0) is 17.7. The minimum Gasteiger partial charge on any atom is -0.266 e. The topological polar surface area (TPSA) is 50.3 Å². The number of benzene rings is 2. The summed E-state index contributed by atoms with van der Waals surface area (Å²) in [5.41, 5.74) is 2.54. The van der Waals surface area contributed by atoms with Crippen molar-refractivity contribution >= 4 is 15.7 Å². The highest BCUT2D eigenvalue weighted by molar-refractivity contribution is 7.92. The van der Waals surface area contributed by atoms with Gasteiger partial charge in [0.2, 0.25) is 0 Å². The molecule has 25 heavy (non-hydrogen) atoms. The molecule has 0 fully saturated rings. The van der Waals surface area contributed by atoms with E-state index in [1.54, 1.807) is 18.3 Å².